The number of carbonyl (C=O) groups excluding carboxylic acids is 1. The number of pyridine rings is 1. The zero-order valence-electron chi connectivity index (χ0n) is 12.9. The van der Waals surface area contributed by atoms with E-state index in [4.69, 9.17) is 4.42 Å². The normalized spacial score (nSPS) is 10.8. The number of aromatic nitrogens is 2. The highest BCUT2D eigenvalue weighted by atomic mass is 19.1. The summed E-state index contributed by atoms with van der Waals surface area (Å²) in [7, 11) is 0. The van der Waals surface area contributed by atoms with E-state index in [2.05, 4.69) is 15.3 Å². The van der Waals surface area contributed by atoms with Crippen molar-refractivity contribution in [2.45, 2.75) is 0 Å². The van der Waals surface area contributed by atoms with Crippen LogP contribution in [0.15, 0.2) is 71.3 Å². The molecule has 1 amide bonds. The summed E-state index contributed by atoms with van der Waals surface area (Å²) in [5.41, 5.74) is 2.62. The third kappa shape index (κ3) is 3.10. The molecule has 0 spiro atoms. The largest absolute Gasteiger partial charge is 0.434 e. The number of hydrogen-bond donors (Lipinski definition) is 1. The SMILES string of the molecule is O=C(Nc1cccc(-c2nc3ncccc3o2)c1)c1cccc(F)c1. The van der Waals surface area contributed by atoms with Gasteiger partial charge in [-0.15, -0.1) is 0 Å². The lowest BCUT2D eigenvalue weighted by atomic mass is 10.1. The van der Waals surface area contributed by atoms with Gasteiger partial charge in [0.05, 0.1) is 0 Å². The van der Waals surface area contributed by atoms with Crippen molar-refractivity contribution in [3.8, 4) is 11.5 Å². The highest BCUT2D eigenvalue weighted by Gasteiger charge is 2.11. The summed E-state index contributed by atoms with van der Waals surface area (Å²) in [6.07, 6.45) is 1.64. The molecule has 0 unspecified atom stereocenters. The van der Waals surface area contributed by atoms with Gasteiger partial charge in [-0.1, -0.05) is 12.1 Å². The number of carbonyl (C=O) groups is 1. The number of benzene rings is 2. The topological polar surface area (TPSA) is 68.0 Å². The fraction of sp³-hybridized carbons (Fsp3) is 0. The van der Waals surface area contributed by atoms with Crippen LogP contribution in [0.2, 0.25) is 0 Å². The second kappa shape index (κ2) is 6.16. The van der Waals surface area contributed by atoms with E-state index < -0.39 is 11.7 Å². The minimum atomic E-state index is -0.458. The molecule has 1 N–H and O–H groups in total. The number of rotatable bonds is 3. The maximum absolute atomic E-state index is 13.2. The zero-order valence-corrected chi connectivity index (χ0v) is 12.9. The van der Waals surface area contributed by atoms with E-state index in [0.29, 0.717) is 28.4 Å². The molecule has 2 heterocycles. The third-order valence-corrected chi connectivity index (χ3v) is 3.62. The molecule has 0 fully saturated rings. The van der Waals surface area contributed by atoms with Gasteiger partial charge < -0.3 is 9.73 Å². The summed E-state index contributed by atoms with van der Waals surface area (Å²) in [6, 6.07) is 16.2. The molecule has 0 aliphatic rings. The van der Waals surface area contributed by atoms with Crippen molar-refractivity contribution in [3.63, 3.8) is 0 Å². The minimum absolute atomic E-state index is 0.247. The van der Waals surface area contributed by atoms with Crippen LogP contribution >= 0.6 is 0 Å². The minimum Gasteiger partial charge on any atom is -0.434 e. The van der Waals surface area contributed by atoms with Crippen molar-refractivity contribution >= 4 is 22.8 Å². The van der Waals surface area contributed by atoms with Crippen LogP contribution in [0.1, 0.15) is 10.4 Å². The highest BCUT2D eigenvalue weighted by Crippen LogP contribution is 2.25. The molecule has 0 aliphatic heterocycles. The van der Waals surface area contributed by atoms with Gasteiger partial charge >= 0.3 is 0 Å². The molecule has 0 bridgehead atoms. The molecule has 0 radical (unpaired) electrons. The number of nitrogens with zero attached hydrogens (tertiary/aromatic N) is 2. The van der Waals surface area contributed by atoms with Crippen molar-refractivity contribution in [2.75, 3.05) is 5.32 Å². The maximum atomic E-state index is 13.2. The van der Waals surface area contributed by atoms with Gasteiger partial charge in [0.25, 0.3) is 5.91 Å². The summed E-state index contributed by atoms with van der Waals surface area (Å²) in [6.45, 7) is 0. The van der Waals surface area contributed by atoms with Gasteiger partial charge in [-0.05, 0) is 48.5 Å². The molecule has 4 aromatic rings. The van der Waals surface area contributed by atoms with Gasteiger partial charge in [-0.2, -0.15) is 4.98 Å². The van der Waals surface area contributed by atoms with E-state index in [1.165, 1.54) is 18.2 Å². The summed E-state index contributed by atoms with van der Waals surface area (Å²) in [5, 5.41) is 2.74. The van der Waals surface area contributed by atoms with Crippen LogP contribution in [0.4, 0.5) is 10.1 Å². The highest BCUT2D eigenvalue weighted by molar-refractivity contribution is 6.04. The number of amides is 1. The Labute approximate surface area is 142 Å². The molecule has 0 saturated carbocycles. The fourth-order valence-corrected chi connectivity index (χ4v) is 2.46. The van der Waals surface area contributed by atoms with Gasteiger partial charge in [0, 0.05) is 23.0 Å². The Balaban J connectivity index is 1.62. The molecule has 122 valence electrons. The van der Waals surface area contributed by atoms with Gasteiger partial charge in [0.15, 0.2) is 11.2 Å². The van der Waals surface area contributed by atoms with Crippen LogP contribution in [0, 0.1) is 5.82 Å². The number of oxazole rings is 1. The van der Waals surface area contributed by atoms with Crippen molar-refractivity contribution < 1.29 is 13.6 Å². The molecule has 0 aliphatic carbocycles. The molecule has 25 heavy (non-hydrogen) atoms. The first-order valence-electron chi connectivity index (χ1n) is 7.58. The van der Waals surface area contributed by atoms with Crippen LogP contribution in [0.3, 0.4) is 0 Å². The van der Waals surface area contributed by atoms with Gasteiger partial charge in [0.1, 0.15) is 5.82 Å². The fourth-order valence-electron chi connectivity index (χ4n) is 2.46. The summed E-state index contributed by atoms with van der Waals surface area (Å²) in [5.74, 6) is -0.438. The van der Waals surface area contributed by atoms with Gasteiger partial charge in [-0.3, -0.25) is 4.79 Å². The first kappa shape index (κ1) is 15.0. The average Bonchev–Trinajstić information content (AvgIpc) is 3.06. The van der Waals surface area contributed by atoms with Crippen molar-refractivity contribution in [1.29, 1.82) is 0 Å². The van der Waals surface area contributed by atoms with Crippen LogP contribution in [-0.2, 0) is 0 Å². The van der Waals surface area contributed by atoms with Crippen LogP contribution in [0.25, 0.3) is 22.7 Å². The summed E-state index contributed by atoms with van der Waals surface area (Å²) >= 11 is 0. The lowest BCUT2D eigenvalue weighted by Gasteiger charge is -2.06. The van der Waals surface area contributed by atoms with E-state index in [0.717, 1.165) is 0 Å². The lowest BCUT2D eigenvalue weighted by Crippen LogP contribution is -2.12. The molecular formula is C19H12FN3O2. The predicted octanol–water partition coefficient (Wildman–Crippen LogP) is 4.28. The Morgan fingerprint density at radius 2 is 1.92 bits per heavy atom. The van der Waals surface area contributed by atoms with E-state index in [1.54, 1.807) is 42.6 Å². The molecule has 2 aromatic carbocycles. The van der Waals surface area contributed by atoms with Crippen LogP contribution < -0.4 is 5.32 Å². The van der Waals surface area contributed by atoms with Crippen LogP contribution in [-0.4, -0.2) is 15.9 Å². The van der Waals surface area contributed by atoms with Crippen molar-refractivity contribution in [1.82, 2.24) is 9.97 Å². The molecule has 0 atom stereocenters. The molecule has 5 nitrogen and oxygen atoms in total. The summed E-state index contributed by atoms with van der Waals surface area (Å²) < 4.78 is 18.9. The number of fused-ring (bicyclic) bond motifs is 1. The monoisotopic (exact) mass is 333 g/mol. The number of nitrogens with one attached hydrogen (secondary N) is 1. The van der Waals surface area contributed by atoms with Crippen LogP contribution in [0.5, 0.6) is 0 Å². The second-order valence-corrected chi connectivity index (χ2v) is 5.39. The molecule has 2 aromatic heterocycles. The van der Waals surface area contributed by atoms with E-state index in [1.807, 2.05) is 6.07 Å². The Kier molecular flexibility index (Phi) is 3.70. The Morgan fingerprint density at radius 3 is 2.76 bits per heavy atom. The number of anilines is 1. The second-order valence-electron chi connectivity index (χ2n) is 5.39. The Morgan fingerprint density at radius 1 is 1.04 bits per heavy atom. The summed E-state index contributed by atoms with van der Waals surface area (Å²) in [4.78, 5) is 20.7. The standard InChI is InChI=1S/C19H12FN3O2/c20-14-6-1-4-12(10-14)18(24)22-15-7-2-5-13(11-15)19-23-17-16(25-19)8-3-9-21-17/h1-11H,(H,22,24). The predicted molar refractivity (Wildman–Crippen MR) is 91.6 cm³/mol. The molecule has 4 rings (SSSR count). The van der Waals surface area contributed by atoms with Gasteiger partial charge in [0.2, 0.25) is 5.89 Å². The smallest absolute Gasteiger partial charge is 0.255 e. The zero-order chi connectivity index (χ0) is 17.2. The molecule has 0 saturated heterocycles. The van der Waals surface area contributed by atoms with E-state index in [9.17, 15) is 9.18 Å². The average molecular weight is 333 g/mol. The van der Waals surface area contributed by atoms with Gasteiger partial charge in [-0.25, -0.2) is 9.37 Å². The Bertz CT molecular complexity index is 1040. The van der Waals surface area contributed by atoms with E-state index >= 15 is 0 Å². The quantitative estimate of drug-likeness (QED) is 0.607. The molecular weight excluding hydrogens is 321 g/mol. The third-order valence-electron chi connectivity index (χ3n) is 3.62. The first-order chi connectivity index (χ1) is 12.2. The number of halogens is 1. The lowest BCUT2D eigenvalue weighted by molar-refractivity contribution is 0.102. The van der Waals surface area contributed by atoms with Crippen molar-refractivity contribution in [3.05, 3.63) is 78.2 Å². The number of hydrogen-bond acceptors (Lipinski definition) is 4. The maximum Gasteiger partial charge on any atom is 0.255 e. The first-order valence-corrected chi connectivity index (χ1v) is 7.58. The Hall–Kier alpha value is -3.54. The van der Waals surface area contributed by atoms with Crippen molar-refractivity contribution in [2.24, 2.45) is 0 Å². The van der Waals surface area contributed by atoms with E-state index in [-0.39, 0.29) is 5.56 Å². The molecule has 6 heteroatoms.